The van der Waals surface area contributed by atoms with Gasteiger partial charge in [0.25, 0.3) is 0 Å². The van der Waals surface area contributed by atoms with Crippen molar-refractivity contribution >= 4 is 23.9 Å². The van der Waals surface area contributed by atoms with Gasteiger partial charge in [0, 0.05) is 6.08 Å². The Kier molecular flexibility index (Phi) is 12.1. The van der Waals surface area contributed by atoms with Crippen molar-refractivity contribution in [1.82, 2.24) is 0 Å². The molecule has 46 heavy (non-hydrogen) atoms. The highest BCUT2D eigenvalue weighted by Gasteiger charge is 2.13. The molecule has 0 aliphatic heterocycles. The first-order valence-electron chi connectivity index (χ1n) is 14.5. The molecular formula is C36H32O10. The molecule has 10 nitrogen and oxygen atoms in total. The topological polar surface area (TPSA) is 135 Å². The second-order valence-corrected chi connectivity index (χ2v) is 9.87. The molecule has 0 aliphatic carbocycles. The number of carbonyl (C=O) groups excluding carboxylic acids is 4. The van der Waals surface area contributed by atoms with Gasteiger partial charge < -0.3 is 28.8 Å². The number of rotatable bonds is 15. The van der Waals surface area contributed by atoms with E-state index >= 15 is 0 Å². The van der Waals surface area contributed by atoms with E-state index in [-0.39, 0.29) is 34.1 Å². The molecule has 0 bridgehead atoms. The van der Waals surface area contributed by atoms with Gasteiger partial charge in [0.15, 0.2) is 0 Å². The van der Waals surface area contributed by atoms with Crippen LogP contribution in [-0.2, 0) is 9.53 Å². The van der Waals surface area contributed by atoms with E-state index < -0.39 is 23.9 Å². The highest BCUT2D eigenvalue weighted by molar-refractivity contribution is 5.93. The Hall–Kier alpha value is -5.90. The summed E-state index contributed by atoms with van der Waals surface area (Å²) in [6.45, 7) is 4.25. The standard InChI is InChI=1S/C36H32O10/c1-2-33(38)43-24-6-4-3-5-23-42-29-15-9-26(10-16-29)35(40)44-30-17-11-27(12-18-30)36(41)46-32-21-19-31(20-22-32)45-34(39)25-7-13-28(37)14-8-25/h2,7-22,37H,1,3-6,23-24H2. The van der Waals surface area contributed by atoms with E-state index in [9.17, 15) is 24.3 Å². The summed E-state index contributed by atoms with van der Waals surface area (Å²) in [7, 11) is 0. The fourth-order valence-corrected chi connectivity index (χ4v) is 4.00. The zero-order chi connectivity index (χ0) is 32.7. The number of aromatic hydroxyl groups is 1. The van der Waals surface area contributed by atoms with Crippen LogP contribution in [0.2, 0.25) is 0 Å². The van der Waals surface area contributed by atoms with Crippen LogP contribution in [0.3, 0.4) is 0 Å². The van der Waals surface area contributed by atoms with E-state index in [1.807, 2.05) is 0 Å². The Labute approximate surface area is 265 Å². The maximum Gasteiger partial charge on any atom is 0.343 e. The quantitative estimate of drug-likeness (QED) is 0.0657. The van der Waals surface area contributed by atoms with Gasteiger partial charge in [0.1, 0.15) is 28.7 Å². The van der Waals surface area contributed by atoms with Gasteiger partial charge in [0.05, 0.1) is 29.9 Å². The fourth-order valence-electron chi connectivity index (χ4n) is 4.00. The van der Waals surface area contributed by atoms with Gasteiger partial charge in [-0.1, -0.05) is 6.58 Å². The van der Waals surface area contributed by atoms with Gasteiger partial charge in [-0.3, -0.25) is 0 Å². The van der Waals surface area contributed by atoms with Crippen LogP contribution in [0.25, 0.3) is 0 Å². The lowest BCUT2D eigenvalue weighted by Crippen LogP contribution is -2.10. The number of unbranched alkanes of at least 4 members (excludes halogenated alkanes) is 3. The summed E-state index contributed by atoms with van der Waals surface area (Å²) in [5.74, 6) is -0.802. The molecule has 0 radical (unpaired) electrons. The van der Waals surface area contributed by atoms with Crippen LogP contribution in [-0.4, -0.2) is 42.2 Å². The van der Waals surface area contributed by atoms with Crippen LogP contribution in [0.4, 0.5) is 0 Å². The highest BCUT2D eigenvalue weighted by atomic mass is 16.5. The average molecular weight is 625 g/mol. The summed E-state index contributed by atoms with van der Waals surface area (Å²) >= 11 is 0. The first-order valence-corrected chi connectivity index (χ1v) is 14.5. The van der Waals surface area contributed by atoms with Gasteiger partial charge in [-0.2, -0.15) is 0 Å². The normalized spacial score (nSPS) is 10.3. The van der Waals surface area contributed by atoms with Crippen molar-refractivity contribution in [3.05, 3.63) is 126 Å². The molecule has 0 saturated carbocycles. The van der Waals surface area contributed by atoms with Crippen LogP contribution in [0.15, 0.2) is 110 Å². The maximum absolute atomic E-state index is 12.6. The molecule has 0 aliphatic rings. The summed E-state index contributed by atoms with van der Waals surface area (Å²) in [6, 6.07) is 24.1. The molecule has 0 spiro atoms. The summed E-state index contributed by atoms with van der Waals surface area (Å²) in [5, 5.41) is 9.34. The number of ether oxygens (including phenoxy) is 5. The number of phenols is 1. The van der Waals surface area contributed by atoms with Crippen LogP contribution >= 0.6 is 0 Å². The van der Waals surface area contributed by atoms with Crippen LogP contribution in [0.1, 0.15) is 56.8 Å². The van der Waals surface area contributed by atoms with Crippen molar-refractivity contribution in [2.45, 2.75) is 25.7 Å². The van der Waals surface area contributed by atoms with Gasteiger partial charge in [-0.05, 0) is 123 Å². The number of hydrogen-bond acceptors (Lipinski definition) is 10. The van der Waals surface area contributed by atoms with Crippen molar-refractivity contribution in [2.24, 2.45) is 0 Å². The maximum atomic E-state index is 12.6. The zero-order valence-corrected chi connectivity index (χ0v) is 24.9. The summed E-state index contributed by atoms with van der Waals surface area (Å²) in [6.07, 6.45) is 4.62. The van der Waals surface area contributed by atoms with Crippen LogP contribution < -0.4 is 18.9 Å². The van der Waals surface area contributed by atoms with Gasteiger partial charge in [-0.15, -0.1) is 0 Å². The Morgan fingerprint density at radius 2 is 0.891 bits per heavy atom. The molecule has 0 saturated heterocycles. The van der Waals surface area contributed by atoms with Crippen LogP contribution in [0.5, 0.6) is 28.7 Å². The largest absolute Gasteiger partial charge is 0.508 e. The minimum atomic E-state index is -0.628. The zero-order valence-electron chi connectivity index (χ0n) is 24.9. The third kappa shape index (κ3) is 10.4. The summed E-state index contributed by atoms with van der Waals surface area (Å²) in [4.78, 5) is 48.4. The minimum absolute atomic E-state index is 0.0367. The predicted molar refractivity (Wildman–Crippen MR) is 167 cm³/mol. The minimum Gasteiger partial charge on any atom is -0.508 e. The third-order valence-corrected chi connectivity index (χ3v) is 6.46. The van der Waals surface area contributed by atoms with Gasteiger partial charge >= 0.3 is 23.9 Å². The molecule has 1 N–H and O–H groups in total. The van der Waals surface area contributed by atoms with Crippen molar-refractivity contribution in [3.8, 4) is 28.7 Å². The van der Waals surface area contributed by atoms with E-state index in [4.69, 9.17) is 23.7 Å². The van der Waals surface area contributed by atoms with Crippen molar-refractivity contribution < 1.29 is 48.0 Å². The van der Waals surface area contributed by atoms with E-state index in [0.717, 1.165) is 31.8 Å². The average Bonchev–Trinajstić information content (AvgIpc) is 3.07. The van der Waals surface area contributed by atoms with E-state index in [1.165, 1.54) is 72.8 Å². The first-order chi connectivity index (χ1) is 22.3. The van der Waals surface area contributed by atoms with E-state index in [2.05, 4.69) is 6.58 Å². The van der Waals surface area contributed by atoms with Crippen LogP contribution in [0, 0.1) is 0 Å². The lowest BCUT2D eigenvalue weighted by Gasteiger charge is -2.09. The molecule has 10 heteroatoms. The SMILES string of the molecule is C=CC(=O)OCCCCCCOc1ccc(C(=O)Oc2ccc(C(=O)Oc3ccc(OC(=O)c4ccc(O)cc4)cc3)cc2)cc1. The first kappa shape index (κ1) is 33.0. The molecule has 0 unspecified atom stereocenters. The predicted octanol–water partition coefficient (Wildman–Crippen LogP) is 6.72. The number of phenolic OH excluding ortho intramolecular Hbond substituents is 1. The smallest absolute Gasteiger partial charge is 0.343 e. The van der Waals surface area contributed by atoms with Crippen molar-refractivity contribution in [3.63, 3.8) is 0 Å². The molecular weight excluding hydrogens is 592 g/mol. The highest BCUT2D eigenvalue weighted by Crippen LogP contribution is 2.22. The number of benzene rings is 4. The lowest BCUT2D eigenvalue weighted by molar-refractivity contribution is -0.137. The van der Waals surface area contributed by atoms with E-state index in [0.29, 0.717) is 24.5 Å². The molecule has 4 aromatic carbocycles. The molecule has 4 rings (SSSR count). The van der Waals surface area contributed by atoms with E-state index in [1.54, 1.807) is 24.3 Å². The molecule has 0 amide bonds. The summed E-state index contributed by atoms with van der Waals surface area (Å²) < 4.78 is 26.7. The number of carbonyl (C=O) groups is 4. The molecule has 236 valence electrons. The summed E-state index contributed by atoms with van der Waals surface area (Å²) in [5.41, 5.74) is 0.843. The molecule has 4 aromatic rings. The Bertz CT molecular complexity index is 1620. The van der Waals surface area contributed by atoms with Crippen molar-refractivity contribution in [2.75, 3.05) is 13.2 Å². The molecule has 0 heterocycles. The lowest BCUT2D eigenvalue weighted by atomic mass is 10.2. The Morgan fingerprint density at radius 3 is 1.33 bits per heavy atom. The Morgan fingerprint density at radius 1 is 0.522 bits per heavy atom. The molecule has 0 atom stereocenters. The fraction of sp³-hybridized carbons (Fsp3) is 0.167. The second kappa shape index (κ2) is 16.8. The van der Waals surface area contributed by atoms with Gasteiger partial charge in [0.2, 0.25) is 0 Å². The van der Waals surface area contributed by atoms with Gasteiger partial charge in [-0.25, -0.2) is 19.2 Å². The number of esters is 4. The molecule has 0 aromatic heterocycles. The monoisotopic (exact) mass is 624 g/mol. The van der Waals surface area contributed by atoms with Crippen molar-refractivity contribution in [1.29, 1.82) is 0 Å². The second-order valence-electron chi connectivity index (χ2n) is 9.87. The molecule has 0 fully saturated rings. The number of hydrogen-bond donors (Lipinski definition) is 1. The Balaban J connectivity index is 1.18. The third-order valence-electron chi connectivity index (χ3n) is 6.46.